The number of carbonyl (C=O) groups excluding carboxylic acids is 2. The van der Waals surface area contributed by atoms with Crippen LogP contribution in [0.5, 0.6) is 0 Å². The highest BCUT2D eigenvalue weighted by atomic mass is 35.5. The van der Waals surface area contributed by atoms with Crippen molar-refractivity contribution in [3.05, 3.63) is 130 Å². The molecule has 0 heterocycles. The van der Waals surface area contributed by atoms with E-state index in [2.05, 4.69) is 5.32 Å². The van der Waals surface area contributed by atoms with E-state index in [1.165, 1.54) is 29.2 Å². The van der Waals surface area contributed by atoms with Crippen molar-refractivity contribution in [2.45, 2.75) is 50.3 Å². The molecule has 0 spiro atoms. The van der Waals surface area contributed by atoms with Crippen LogP contribution in [0.25, 0.3) is 0 Å². The molecule has 0 aliphatic carbocycles. The number of nitrogens with one attached hydrogen (secondary N) is 1. The van der Waals surface area contributed by atoms with E-state index in [1.54, 1.807) is 30.3 Å². The van der Waals surface area contributed by atoms with Gasteiger partial charge in [-0.2, -0.15) is 13.2 Å². The Kier molecular flexibility index (Phi) is 11.7. The van der Waals surface area contributed by atoms with Crippen LogP contribution in [-0.4, -0.2) is 44.3 Å². The van der Waals surface area contributed by atoms with Crippen molar-refractivity contribution in [1.29, 1.82) is 0 Å². The average Bonchev–Trinajstić information content (AvgIpc) is 3.04. The van der Waals surface area contributed by atoms with Crippen LogP contribution in [0.2, 0.25) is 5.02 Å². The Hall–Kier alpha value is -4.35. The first kappa shape index (κ1) is 35.5. The number of carbonyl (C=O) groups is 2. The summed E-state index contributed by atoms with van der Waals surface area (Å²) in [7, 11) is -4.58. The molecule has 4 rings (SSSR count). The zero-order chi connectivity index (χ0) is 34.2. The zero-order valence-electron chi connectivity index (χ0n) is 25.9. The molecular formula is C35H35ClF3N3O4S. The average molecular weight is 686 g/mol. The number of anilines is 1. The maximum absolute atomic E-state index is 14.4. The SMILES string of the molecule is CCCNC(=O)[C@H](Cc1ccccc1)N(Cc1cccc(C)c1)C(=O)CN(c1ccc(Cl)c(C(F)(F)F)c1)S(=O)(=O)c1ccccc1. The monoisotopic (exact) mass is 685 g/mol. The first-order valence-electron chi connectivity index (χ1n) is 14.9. The van der Waals surface area contributed by atoms with Gasteiger partial charge in [-0.25, -0.2) is 8.42 Å². The van der Waals surface area contributed by atoms with Crippen molar-refractivity contribution in [3.8, 4) is 0 Å². The summed E-state index contributed by atoms with van der Waals surface area (Å²) in [4.78, 5) is 29.2. The minimum absolute atomic E-state index is 0.0643. The topological polar surface area (TPSA) is 86.8 Å². The number of rotatable bonds is 13. The second kappa shape index (κ2) is 15.5. The highest BCUT2D eigenvalue weighted by Gasteiger charge is 2.37. The molecule has 1 atom stereocenters. The van der Waals surface area contributed by atoms with E-state index in [4.69, 9.17) is 11.6 Å². The Morgan fingerprint density at radius 2 is 1.51 bits per heavy atom. The van der Waals surface area contributed by atoms with Crippen LogP contribution >= 0.6 is 11.6 Å². The lowest BCUT2D eigenvalue weighted by Gasteiger charge is -2.34. The van der Waals surface area contributed by atoms with E-state index in [1.807, 2.05) is 44.2 Å². The maximum Gasteiger partial charge on any atom is 0.417 e. The van der Waals surface area contributed by atoms with Gasteiger partial charge in [-0.15, -0.1) is 0 Å². The van der Waals surface area contributed by atoms with Gasteiger partial charge in [0.2, 0.25) is 11.8 Å². The van der Waals surface area contributed by atoms with Crippen LogP contribution in [0.4, 0.5) is 18.9 Å². The van der Waals surface area contributed by atoms with Crippen molar-refractivity contribution >= 4 is 39.1 Å². The van der Waals surface area contributed by atoms with Crippen LogP contribution in [-0.2, 0) is 38.8 Å². The van der Waals surface area contributed by atoms with Gasteiger partial charge in [0.15, 0.2) is 0 Å². The van der Waals surface area contributed by atoms with Crippen molar-refractivity contribution in [3.63, 3.8) is 0 Å². The maximum atomic E-state index is 14.4. The smallest absolute Gasteiger partial charge is 0.354 e. The third-order valence-electron chi connectivity index (χ3n) is 7.41. The van der Waals surface area contributed by atoms with E-state index < -0.39 is 56.9 Å². The third-order valence-corrected chi connectivity index (χ3v) is 9.53. The molecule has 0 aliphatic rings. The molecule has 12 heteroatoms. The summed E-state index contributed by atoms with van der Waals surface area (Å²) in [6.07, 6.45) is -4.15. The lowest BCUT2D eigenvalue weighted by atomic mass is 10.0. The van der Waals surface area contributed by atoms with Crippen LogP contribution < -0.4 is 9.62 Å². The summed E-state index contributed by atoms with van der Waals surface area (Å²) in [5.74, 6) is -1.23. The normalized spacial score (nSPS) is 12.3. The first-order chi connectivity index (χ1) is 22.3. The molecule has 0 bridgehead atoms. The summed E-state index contributed by atoms with van der Waals surface area (Å²) < 4.78 is 70.4. The van der Waals surface area contributed by atoms with Crippen LogP contribution in [0, 0.1) is 6.92 Å². The Balaban J connectivity index is 1.85. The van der Waals surface area contributed by atoms with E-state index in [-0.39, 0.29) is 17.9 Å². The van der Waals surface area contributed by atoms with Crippen molar-refractivity contribution in [2.24, 2.45) is 0 Å². The number of hydrogen-bond acceptors (Lipinski definition) is 4. The van der Waals surface area contributed by atoms with Gasteiger partial charge in [-0.1, -0.05) is 96.9 Å². The van der Waals surface area contributed by atoms with Gasteiger partial charge >= 0.3 is 6.18 Å². The number of hydrogen-bond donors (Lipinski definition) is 1. The molecule has 0 unspecified atom stereocenters. The van der Waals surface area contributed by atoms with Gasteiger partial charge in [-0.3, -0.25) is 13.9 Å². The van der Waals surface area contributed by atoms with E-state index >= 15 is 0 Å². The standard InChI is InChI=1S/C35H35ClF3N3O4S/c1-3-19-40-34(44)32(21-26-12-6-4-7-13-26)41(23-27-14-10-11-25(2)20-27)33(43)24-42(47(45,46)29-15-8-5-9-16-29)28-17-18-31(36)30(22-28)35(37,38)39/h4-18,20,22,32H,3,19,21,23-24H2,1-2H3,(H,40,44)/t32-/m0/s1. The Morgan fingerprint density at radius 1 is 0.872 bits per heavy atom. The van der Waals surface area contributed by atoms with Crippen molar-refractivity contribution < 1.29 is 31.2 Å². The number of amides is 2. The van der Waals surface area contributed by atoms with Crippen LogP contribution in [0.1, 0.15) is 35.6 Å². The molecule has 7 nitrogen and oxygen atoms in total. The van der Waals surface area contributed by atoms with Crippen LogP contribution in [0.15, 0.2) is 108 Å². The molecule has 0 saturated heterocycles. The number of nitrogens with zero attached hydrogens (tertiary/aromatic N) is 2. The lowest BCUT2D eigenvalue weighted by molar-refractivity contribution is -0.140. The predicted molar refractivity (Wildman–Crippen MR) is 176 cm³/mol. The molecule has 0 aromatic heterocycles. The minimum Gasteiger partial charge on any atom is -0.354 e. The predicted octanol–water partition coefficient (Wildman–Crippen LogP) is 7.03. The number of benzene rings is 4. The Morgan fingerprint density at radius 3 is 2.13 bits per heavy atom. The van der Waals surface area contributed by atoms with Gasteiger partial charge in [-0.05, 0) is 54.8 Å². The second-order valence-corrected chi connectivity index (χ2v) is 13.3. The highest BCUT2D eigenvalue weighted by molar-refractivity contribution is 7.92. The molecule has 248 valence electrons. The number of sulfonamides is 1. The number of halogens is 4. The molecule has 0 aliphatic heterocycles. The van der Waals surface area contributed by atoms with E-state index in [9.17, 15) is 31.2 Å². The number of aryl methyl sites for hydroxylation is 1. The van der Waals surface area contributed by atoms with E-state index in [0.29, 0.717) is 28.9 Å². The minimum atomic E-state index is -4.89. The zero-order valence-corrected chi connectivity index (χ0v) is 27.4. The quantitative estimate of drug-likeness (QED) is 0.164. The lowest BCUT2D eigenvalue weighted by Crippen LogP contribution is -2.53. The summed E-state index contributed by atoms with van der Waals surface area (Å²) >= 11 is 5.86. The fraction of sp³-hybridized carbons (Fsp3) is 0.257. The summed E-state index contributed by atoms with van der Waals surface area (Å²) in [6, 6.07) is 25.0. The molecular weight excluding hydrogens is 651 g/mol. The van der Waals surface area contributed by atoms with Crippen molar-refractivity contribution in [1.82, 2.24) is 10.2 Å². The fourth-order valence-corrected chi connectivity index (χ4v) is 6.71. The summed E-state index contributed by atoms with van der Waals surface area (Å²) in [5, 5.41) is 2.23. The van der Waals surface area contributed by atoms with Gasteiger partial charge in [0.05, 0.1) is 21.2 Å². The van der Waals surface area contributed by atoms with Gasteiger partial charge in [0.25, 0.3) is 10.0 Å². The number of alkyl halides is 3. The molecule has 2 amide bonds. The highest BCUT2D eigenvalue weighted by Crippen LogP contribution is 2.38. The molecule has 0 fully saturated rings. The Bertz CT molecular complexity index is 1790. The fourth-order valence-electron chi connectivity index (χ4n) is 5.06. The van der Waals surface area contributed by atoms with Gasteiger partial charge in [0, 0.05) is 19.5 Å². The summed E-state index contributed by atoms with van der Waals surface area (Å²) in [5.41, 5.74) is 0.675. The molecule has 47 heavy (non-hydrogen) atoms. The molecule has 0 saturated carbocycles. The van der Waals surface area contributed by atoms with E-state index in [0.717, 1.165) is 23.3 Å². The van der Waals surface area contributed by atoms with Crippen LogP contribution in [0.3, 0.4) is 0 Å². The third kappa shape index (κ3) is 9.14. The molecule has 0 radical (unpaired) electrons. The molecule has 4 aromatic carbocycles. The van der Waals surface area contributed by atoms with Crippen molar-refractivity contribution in [2.75, 3.05) is 17.4 Å². The van der Waals surface area contributed by atoms with Gasteiger partial charge in [0.1, 0.15) is 12.6 Å². The second-order valence-electron chi connectivity index (χ2n) is 11.0. The molecule has 4 aromatic rings. The Labute approximate surface area is 278 Å². The molecule has 1 N–H and O–H groups in total. The summed E-state index contributed by atoms with van der Waals surface area (Å²) in [6.45, 7) is 3.14. The van der Waals surface area contributed by atoms with Gasteiger partial charge < -0.3 is 10.2 Å². The first-order valence-corrected chi connectivity index (χ1v) is 16.7. The largest absolute Gasteiger partial charge is 0.417 e.